The normalized spacial score (nSPS) is 16.4. The molecule has 154 valence electrons. The van der Waals surface area contributed by atoms with Crippen LogP contribution in [-0.4, -0.2) is 36.8 Å². The minimum atomic E-state index is -0.515. The highest BCUT2D eigenvalue weighted by Crippen LogP contribution is 2.22. The van der Waals surface area contributed by atoms with Crippen molar-refractivity contribution in [2.45, 2.75) is 45.4 Å². The summed E-state index contributed by atoms with van der Waals surface area (Å²) in [6, 6.07) is 17.0. The number of ether oxygens (including phenoxy) is 2. The van der Waals surface area contributed by atoms with Crippen molar-refractivity contribution >= 4 is 17.7 Å². The van der Waals surface area contributed by atoms with Crippen LogP contribution in [0.25, 0.3) is 0 Å². The van der Waals surface area contributed by atoms with Crippen molar-refractivity contribution in [3.8, 4) is 0 Å². The van der Waals surface area contributed by atoms with Crippen LogP contribution in [0.15, 0.2) is 54.6 Å². The molecule has 2 aromatic rings. The molecular formula is C23H28N2O4. The Morgan fingerprint density at radius 1 is 1.07 bits per heavy atom. The van der Waals surface area contributed by atoms with E-state index in [9.17, 15) is 9.59 Å². The van der Waals surface area contributed by atoms with E-state index in [1.54, 1.807) is 12.1 Å². The molecule has 29 heavy (non-hydrogen) atoms. The molecule has 6 nitrogen and oxygen atoms in total. The average Bonchev–Trinajstić information content (AvgIpc) is 3.14. The number of amides is 1. The summed E-state index contributed by atoms with van der Waals surface area (Å²) in [6.07, 6.45) is 0.440. The van der Waals surface area contributed by atoms with E-state index >= 15 is 0 Å². The van der Waals surface area contributed by atoms with Gasteiger partial charge in [-0.2, -0.15) is 0 Å². The average molecular weight is 396 g/mol. The monoisotopic (exact) mass is 396 g/mol. The Bertz CT molecular complexity index is 828. The van der Waals surface area contributed by atoms with E-state index in [-0.39, 0.29) is 18.6 Å². The third kappa shape index (κ3) is 6.24. The summed E-state index contributed by atoms with van der Waals surface area (Å²) in [5.74, 6) is -0.328. The maximum Gasteiger partial charge on any atom is 0.407 e. The van der Waals surface area contributed by atoms with E-state index in [0.717, 1.165) is 24.2 Å². The lowest BCUT2D eigenvalue weighted by Gasteiger charge is -2.21. The largest absolute Gasteiger partial charge is 0.456 e. The molecule has 1 amide bonds. The van der Waals surface area contributed by atoms with Gasteiger partial charge >= 0.3 is 12.1 Å². The van der Waals surface area contributed by atoms with Crippen LogP contribution in [0.1, 0.15) is 43.1 Å². The minimum absolute atomic E-state index is 0.0313. The van der Waals surface area contributed by atoms with Crippen LogP contribution in [0.4, 0.5) is 10.5 Å². The Labute approximate surface area is 171 Å². The van der Waals surface area contributed by atoms with Gasteiger partial charge in [0.2, 0.25) is 0 Å². The van der Waals surface area contributed by atoms with Gasteiger partial charge in [-0.05, 0) is 57.0 Å². The predicted molar refractivity (Wildman–Crippen MR) is 112 cm³/mol. The molecule has 0 saturated carbocycles. The van der Waals surface area contributed by atoms with E-state index in [1.165, 1.54) is 0 Å². The van der Waals surface area contributed by atoms with Crippen LogP contribution in [0.2, 0.25) is 0 Å². The number of carbonyl (C=O) groups excluding carboxylic acids is 2. The lowest BCUT2D eigenvalue weighted by molar-refractivity contribution is 0.00695. The highest BCUT2D eigenvalue weighted by molar-refractivity contribution is 5.90. The predicted octanol–water partition coefficient (Wildman–Crippen LogP) is 4.15. The molecule has 3 rings (SSSR count). The second kappa shape index (κ2) is 8.99. The number of hydrogen-bond donors (Lipinski definition) is 1. The van der Waals surface area contributed by atoms with Crippen LogP contribution in [0.5, 0.6) is 0 Å². The summed E-state index contributed by atoms with van der Waals surface area (Å²) in [4.78, 5) is 26.4. The lowest BCUT2D eigenvalue weighted by atomic mass is 10.1. The van der Waals surface area contributed by atoms with Crippen LogP contribution >= 0.6 is 0 Å². The molecule has 0 aromatic heterocycles. The number of anilines is 1. The SMILES string of the molecule is CC(C)(C)OC(=O)c1ccc(N2CC[C@H](NC(=O)OCc3ccccc3)C2)cc1. The molecule has 1 fully saturated rings. The zero-order chi connectivity index (χ0) is 20.9. The van der Waals surface area contributed by atoms with Crippen molar-refractivity contribution in [3.63, 3.8) is 0 Å². The van der Waals surface area contributed by atoms with Gasteiger partial charge in [-0.1, -0.05) is 30.3 Å². The molecule has 1 aliphatic rings. The second-order valence-electron chi connectivity index (χ2n) is 8.19. The number of carbonyl (C=O) groups is 2. The quantitative estimate of drug-likeness (QED) is 0.769. The number of nitrogens with zero attached hydrogens (tertiary/aromatic N) is 1. The summed E-state index contributed by atoms with van der Waals surface area (Å²) in [6.45, 7) is 7.33. The summed E-state index contributed by atoms with van der Waals surface area (Å²) >= 11 is 0. The van der Waals surface area contributed by atoms with Gasteiger partial charge in [0.25, 0.3) is 0 Å². The van der Waals surface area contributed by atoms with Crippen molar-refractivity contribution in [3.05, 3.63) is 65.7 Å². The lowest BCUT2D eigenvalue weighted by Crippen LogP contribution is -2.37. The zero-order valence-corrected chi connectivity index (χ0v) is 17.2. The fourth-order valence-electron chi connectivity index (χ4n) is 3.19. The number of benzene rings is 2. The van der Waals surface area contributed by atoms with Gasteiger partial charge in [0.1, 0.15) is 12.2 Å². The molecule has 1 N–H and O–H groups in total. The number of esters is 1. The molecule has 0 aliphatic carbocycles. The molecule has 6 heteroatoms. The van der Waals surface area contributed by atoms with Crippen molar-refractivity contribution in [1.82, 2.24) is 5.32 Å². The highest BCUT2D eigenvalue weighted by atomic mass is 16.6. The van der Waals surface area contributed by atoms with Gasteiger partial charge in [-0.25, -0.2) is 9.59 Å². The Kier molecular flexibility index (Phi) is 6.42. The summed E-state index contributed by atoms with van der Waals surface area (Å²) in [5, 5.41) is 2.93. The molecule has 0 unspecified atom stereocenters. The molecule has 1 saturated heterocycles. The minimum Gasteiger partial charge on any atom is -0.456 e. The molecule has 1 heterocycles. The van der Waals surface area contributed by atoms with E-state index in [4.69, 9.17) is 9.47 Å². The first kappa shape index (κ1) is 20.7. The number of hydrogen-bond acceptors (Lipinski definition) is 5. The fourth-order valence-corrected chi connectivity index (χ4v) is 3.19. The maximum atomic E-state index is 12.1. The van der Waals surface area contributed by atoms with Gasteiger partial charge in [-0.3, -0.25) is 0 Å². The smallest absolute Gasteiger partial charge is 0.407 e. The molecule has 1 aliphatic heterocycles. The standard InChI is InChI=1S/C23H28N2O4/c1-23(2,3)29-21(26)18-9-11-20(12-10-18)25-14-13-19(15-25)24-22(27)28-16-17-7-5-4-6-8-17/h4-12,19H,13-16H2,1-3H3,(H,24,27)/t19-/m0/s1. The van der Waals surface area contributed by atoms with Crippen LogP contribution < -0.4 is 10.2 Å². The van der Waals surface area contributed by atoms with E-state index in [0.29, 0.717) is 12.1 Å². The van der Waals surface area contributed by atoms with E-state index in [1.807, 2.05) is 63.2 Å². The highest BCUT2D eigenvalue weighted by Gasteiger charge is 2.25. The Balaban J connectivity index is 1.47. The van der Waals surface area contributed by atoms with Crippen molar-refractivity contribution in [2.75, 3.05) is 18.0 Å². The second-order valence-corrected chi connectivity index (χ2v) is 8.19. The topological polar surface area (TPSA) is 67.9 Å². The first-order valence-electron chi connectivity index (χ1n) is 9.86. The Hall–Kier alpha value is -3.02. The van der Waals surface area contributed by atoms with Gasteiger partial charge in [0.15, 0.2) is 0 Å². The third-order valence-electron chi connectivity index (χ3n) is 4.59. The first-order chi connectivity index (χ1) is 13.8. The van der Waals surface area contributed by atoms with Gasteiger partial charge < -0.3 is 19.7 Å². The third-order valence-corrected chi connectivity index (χ3v) is 4.59. The van der Waals surface area contributed by atoms with Crippen LogP contribution in [0, 0.1) is 0 Å². The zero-order valence-electron chi connectivity index (χ0n) is 17.2. The van der Waals surface area contributed by atoms with E-state index < -0.39 is 11.7 Å². The maximum absolute atomic E-state index is 12.1. The molecule has 0 bridgehead atoms. The van der Waals surface area contributed by atoms with Crippen molar-refractivity contribution in [1.29, 1.82) is 0 Å². The van der Waals surface area contributed by atoms with Crippen LogP contribution in [0.3, 0.4) is 0 Å². The van der Waals surface area contributed by atoms with Crippen molar-refractivity contribution < 1.29 is 19.1 Å². The fraction of sp³-hybridized carbons (Fsp3) is 0.391. The molecule has 1 atom stereocenters. The summed E-state index contributed by atoms with van der Waals surface area (Å²) in [7, 11) is 0. The molecule has 2 aromatic carbocycles. The van der Waals surface area contributed by atoms with Gasteiger partial charge in [0.05, 0.1) is 11.6 Å². The number of alkyl carbamates (subject to hydrolysis) is 1. The van der Waals surface area contributed by atoms with Crippen LogP contribution in [-0.2, 0) is 16.1 Å². The van der Waals surface area contributed by atoms with Crippen molar-refractivity contribution in [2.24, 2.45) is 0 Å². The summed E-state index contributed by atoms with van der Waals surface area (Å²) < 4.78 is 10.7. The Morgan fingerprint density at radius 2 is 1.76 bits per heavy atom. The van der Waals surface area contributed by atoms with Gasteiger partial charge in [0, 0.05) is 18.8 Å². The molecular weight excluding hydrogens is 368 g/mol. The summed E-state index contributed by atoms with van der Waals surface area (Å²) in [5.41, 5.74) is 1.99. The Morgan fingerprint density at radius 3 is 2.41 bits per heavy atom. The molecule has 0 spiro atoms. The first-order valence-corrected chi connectivity index (χ1v) is 9.86. The van der Waals surface area contributed by atoms with Gasteiger partial charge in [-0.15, -0.1) is 0 Å². The molecule has 0 radical (unpaired) electrons. The number of rotatable bonds is 5. The number of nitrogens with one attached hydrogen (secondary N) is 1. The van der Waals surface area contributed by atoms with E-state index in [2.05, 4.69) is 10.2 Å².